The van der Waals surface area contributed by atoms with Crippen LogP contribution in [-0.4, -0.2) is 12.9 Å². The monoisotopic (exact) mass is 296 g/mol. The van der Waals surface area contributed by atoms with Crippen LogP contribution in [0.5, 0.6) is 5.75 Å². The molecule has 116 valence electrons. The second-order valence-corrected chi connectivity index (χ2v) is 7.34. The fraction of sp³-hybridized carbons (Fsp3) is 0.550. The molecule has 2 atom stereocenters. The van der Waals surface area contributed by atoms with E-state index in [4.69, 9.17) is 4.74 Å². The van der Waals surface area contributed by atoms with E-state index >= 15 is 0 Å². The predicted octanol–water partition coefficient (Wildman–Crippen LogP) is 4.56. The van der Waals surface area contributed by atoms with E-state index in [1.807, 2.05) is 0 Å². The number of rotatable bonds is 1. The van der Waals surface area contributed by atoms with Gasteiger partial charge in [0.25, 0.3) is 0 Å². The first-order chi connectivity index (χ1) is 10.6. The van der Waals surface area contributed by atoms with Crippen LogP contribution in [-0.2, 0) is 11.2 Å². The van der Waals surface area contributed by atoms with Gasteiger partial charge >= 0.3 is 0 Å². The van der Waals surface area contributed by atoms with Crippen molar-refractivity contribution in [2.75, 3.05) is 7.11 Å². The van der Waals surface area contributed by atoms with Gasteiger partial charge in [-0.05, 0) is 60.6 Å². The Morgan fingerprint density at radius 3 is 2.86 bits per heavy atom. The van der Waals surface area contributed by atoms with Crippen LogP contribution in [0.1, 0.15) is 56.6 Å². The number of carbonyl (C=O) groups is 1. The Hall–Kier alpha value is -1.57. The van der Waals surface area contributed by atoms with Gasteiger partial charge in [-0.3, -0.25) is 4.79 Å². The zero-order valence-electron chi connectivity index (χ0n) is 13.6. The number of fused-ring (bicyclic) bond motifs is 4. The summed E-state index contributed by atoms with van der Waals surface area (Å²) in [6, 6.07) is 6.47. The molecule has 0 aliphatic heterocycles. The Labute approximate surface area is 132 Å². The molecule has 0 bridgehead atoms. The van der Waals surface area contributed by atoms with Crippen LogP contribution in [0, 0.1) is 11.3 Å². The smallest absolute Gasteiger partial charge is 0.133 e. The summed E-state index contributed by atoms with van der Waals surface area (Å²) in [5.41, 5.74) is 6.27. The third kappa shape index (κ3) is 1.89. The van der Waals surface area contributed by atoms with Crippen LogP contribution in [0.3, 0.4) is 0 Å². The van der Waals surface area contributed by atoms with Crippen LogP contribution >= 0.6 is 0 Å². The van der Waals surface area contributed by atoms with Crippen molar-refractivity contribution >= 4 is 11.4 Å². The third-order valence-electron chi connectivity index (χ3n) is 6.40. The molecule has 0 radical (unpaired) electrons. The van der Waals surface area contributed by atoms with E-state index in [1.54, 1.807) is 18.3 Å². The molecular weight excluding hydrogens is 272 g/mol. The molecule has 0 N–H and O–H groups in total. The second-order valence-electron chi connectivity index (χ2n) is 7.34. The molecule has 1 saturated carbocycles. The van der Waals surface area contributed by atoms with Crippen molar-refractivity contribution in [2.24, 2.45) is 11.3 Å². The maximum atomic E-state index is 11.9. The van der Waals surface area contributed by atoms with Crippen molar-refractivity contribution < 1.29 is 9.53 Å². The molecule has 3 aliphatic rings. The van der Waals surface area contributed by atoms with Crippen molar-refractivity contribution in [2.45, 2.75) is 51.9 Å². The molecule has 4 rings (SSSR count). The van der Waals surface area contributed by atoms with Gasteiger partial charge in [0.05, 0.1) is 7.11 Å². The number of ether oxygens (including phenoxy) is 1. The maximum absolute atomic E-state index is 11.9. The van der Waals surface area contributed by atoms with Crippen LogP contribution in [0.15, 0.2) is 23.8 Å². The van der Waals surface area contributed by atoms with Crippen molar-refractivity contribution in [3.05, 3.63) is 34.9 Å². The first-order valence-corrected chi connectivity index (χ1v) is 8.54. The number of ketones is 1. The Morgan fingerprint density at radius 1 is 1.18 bits per heavy atom. The quantitative estimate of drug-likeness (QED) is 0.759. The van der Waals surface area contributed by atoms with Crippen LogP contribution in [0.25, 0.3) is 5.57 Å². The van der Waals surface area contributed by atoms with Crippen LogP contribution in [0.2, 0.25) is 0 Å². The molecule has 2 heteroatoms. The van der Waals surface area contributed by atoms with E-state index in [0.717, 1.165) is 50.7 Å². The summed E-state index contributed by atoms with van der Waals surface area (Å²) in [4.78, 5) is 11.9. The highest BCUT2D eigenvalue weighted by Gasteiger charge is 2.46. The highest BCUT2D eigenvalue weighted by Crippen LogP contribution is 2.57. The molecule has 2 unspecified atom stereocenters. The summed E-state index contributed by atoms with van der Waals surface area (Å²) in [6.07, 6.45) is 7.14. The number of methoxy groups -OCH3 is 1. The number of hydrogen-bond acceptors (Lipinski definition) is 2. The van der Waals surface area contributed by atoms with Crippen LogP contribution < -0.4 is 4.74 Å². The Morgan fingerprint density at radius 2 is 2.05 bits per heavy atom. The fourth-order valence-corrected chi connectivity index (χ4v) is 5.12. The minimum atomic E-state index is 0.252. The van der Waals surface area contributed by atoms with Gasteiger partial charge in [-0.15, -0.1) is 0 Å². The third-order valence-corrected chi connectivity index (χ3v) is 6.40. The lowest BCUT2D eigenvalue weighted by Gasteiger charge is -2.49. The van der Waals surface area contributed by atoms with Crippen molar-refractivity contribution in [3.63, 3.8) is 0 Å². The van der Waals surface area contributed by atoms with E-state index in [-0.39, 0.29) is 5.41 Å². The normalized spacial score (nSPS) is 30.5. The zero-order valence-corrected chi connectivity index (χ0v) is 13.6. The molecular formula is C20H24O2. The molecule has 3 aliphatic carbocycles. The molecule has 1 aromatic carbocycles. The number of benzene rings is 1. The lowest BCUT2D eigenvalue weighted by atomic mass is 9.55. The first kappa shape index (κ1) is 14.0. The van der Waals surface area contributed by atoms with E-state index < -0.39 is 0 Å². The lowest BCUT2D eigenvalue weighted by Crippen LogP contribution is -2.40. The molecule has 0 amide bonds. The molecule has 2 nitrogen and oxygen atoms in total. The number of Topliss-reactive ketones (excluding diaryl/α,β-unsaturated/α-hetero) is 1. The highest BCUT2D eigenvalue weighted by molar-refractivity contribution is 5.82. The summed E-state index contributed by atoms with van der Waals surface area (Å²) in [6.45, 7) is 2.42. The number of allylic oxidation sites excluding steroid dienone is 2. The van der Waals surface area contributed by atoms with Gasteiger partial charge in [-0.2, -0.15) is 0 Å². The average Bonchev–Trinajstić information content (AvgIpc) is 2.54. The lowest BCUT2D eigenvalue weighted by molar-refractivity contribution is -0.124. The maximum Gasteiger partial charge on any atom is 0.133 e. The Bertz CT molecular complexity index is 670. The minimum Gasteiger partial charge on any atom is -0.496 e. The van der Waals surface area contributed by atoms with E-state index in [0.29, 0.717) is 11.7 Å². The van der Waals surface area contributed by atoms with E-state index in [2.05, 4.69) is 25.1 Å². The van der Waals surface area contributed by atoms with Crippen molar-refractivity contribution in [1.82, 2.24) is 0 Å². The van der Waals surface area contributed by atoms with Crippen LogP contribution in [0.4, 0.5) is 0 Å². The average molecular weight is 296 g/mol. The topological polar surface area (TPSA) is 26.3 Å². The number of carbonyl (C=O) groups excluding carboxylic acids is 1. The summed E-state index contributed by atoms with van der Waals surface area (Å²) >= 11 is 0. The first-order valence-electron chi connectivity index (χ1n) is 8.54. The van der Waals surface area contributed by atoms with Gasteiger partial charge in [0, 0.05) is 18.4 Å². The van der Waals surface area contributed by atoms with E-state index in [9.17, 15) is 4.79 Å². The van der Waals surface area contributed by atoms with Crippen molar-refractivity contribution in [3.8, 4) is 5.75 Å². The molecule has 0 heterocycles. The Kier molecular flexibility index (Phi) is 3.18. The van der Waals surface area contributed by atoms with E-state index in [1.165, 1.54) is 11.1 Å². The molecule has 1 fully saturated rings. The van der Waals surface area contributed by atoms with Gasteiger partial charge in [-0.25, -0.2) is 0 Å². The minimum absolute atomic E-state index is 0.252. The standard InChI is InChI=1S/C20H24O2/c1-20-11-10-14(21)12-13(20)6-7-16-15-4-3-5-19(22-2)17(15)8-9-18(16)20/h3-5,13H,6-12H2,1-2H3. The molecule has 0 saturated heterocycles. The molecule has 1 aromatic rings. The molecule has 0 aromatic heterocycles. The summed E-state index contributed by atoms with van der Waals surface area (Å²) in [5, 5.41) is 0. The Balaban J connectivity index is 1.83. The largest absolute Gasteiger partial charge is 0.496 e. The zero-order chi connectivity index (χ0) is 15.3. The molecule has 22 heavy (non-hydrogen) atoms. The summed E-state index contributed by atoms with van der Waals surface area (Å²) in [7, 11) is 1.77. The molecule has 0 spiro atoms. The van der Waals surface area contributed by atoms with Gasteiger partial charge in [0.2, 0.25) is 0 Å². The number of hydrogen-bond donors (Lipinski definition) is 0. The van der Waals surface area contributed by atoms with Crippen molar-refractivity contribution in [1.29, 1.82) is 0 Å². The van der Waals surface area contributed by atoms with Gasteiger partial charge < -0.3 is 4.74 Å². The highest BCUT2D eigenvalue weighted by atomic mass is 16.5. The van der Waals surface area contributed by atoms with Gasteiger partial charge in [-0.1, -0.05) is 24.6 Å². The second kappa shape index (κ2) is 4.97. The summed E-state index contributed by atoms with van der Waals surface area (Å²) in [5.74, 6) is 2.08. The fourth-order valence-electron chi connectivity index (χ4n) is 5.12. The van der Waals surface area contributed by atoms with Gasteiger partial charge in [0.1, 0.15) is 11.5 Å². The SMILES string of the molecule is COc1cccc2c1CCC1=C2CCC2CC(=O)CCC12C. The van der Waals surface area contributed by atoms with Gasteiger partial charge in [0.15, 0.2) is 0 Å². The predicted molar refractivity (Wildman–Crippen MR) is 87.9 cm³/mol. The summed E-state index contributed by atoms with van der Waals surface area (Å²) < 4.78 is 5.57.